The lowest BCUT2D eigenvalue weighted by atomic mass is 10.0. The first kappa shape index (κ1) is 21.7. The van der Waals surface area contributed by atoms with E-state index in [0.29, 0.717) is 39.6 Å². The van der Waals surface area contributed by atoms with Crippen LogP contribution in [0.4, 0.5) is 5.69 Å². The van der Waals surface area contributed by atoms with Crippen molar-refractivity contribution in [1.82, 2.24) is 4.98 Å². The normalized spacial score (nSPS) is 11.0. The van der Waals surface area contributed by atoms with E-state index >= 15 is 0 Å². The number of carbonyl (C=O) groups is 1. The summed E-state index contributed by atoms with van der Waals surface area (Å²) in [7, 11) is 1.54. The van der Waals surface area contributed by atoms with Crippen LogP contribution in [0.15, 0.2) is 65.1 Å². The summed E-state index contributed by atoms with van der Waals surface area (Å²) in [5.74, 6) is 1.62. The van der Waals surface area contributed by atoms with Gasteiger partial charge in [-0.05, 0) is 66.1 Å². The van der Waals surface area contributed by atoms with E-state index in [4.69, 9.17) is 25.5 Å². The van der Waals surface area contributed by atoms with Gasteiger partial charge in [-0.2, -0.15) is 0 Å². The Labute approximate surface area is 191 Å². The maximum absolute atomic E-state index is 12.5. The number of nitrogens with zero attached hydrogens (tertiary/aromatic N) is 1. The number of methoxy groups -OCH3 is 1. The van der Waals surface area contributed by atoms with Crippen LogP contribution in [-0.4, -0.2) is 24.6 Å². The zero-order valence-electron chi connectivity index (χ0n) is 18.0. The molecule has 0 atom stereocenters. The average molecular weight is 451 g/mol. The predicted octanol–water partition coefficient (Wildman–Crippen LogP) is 6.30. The summed E-state index contributed by atoms with van der Waals surface area (Å²) in [6, 6.07) is 18.2. The zero-order valence-corrected chi connectivity index (χ0v) is 18.8. The van der Waals surface area contributed by atoms with E-state index < -0.39 is 0 Å². The van der Waals surface area contributed by atoms with Gasteiger partial charge in [0, 0.05) is 10.6 Å². The average Bonchev–Trinajstić information content (AvgIpc) is 3.22. The molecule has 1 N–H and O–H groups in total. The highest BCUT2D eigenvalue weighted by molar-refractivity contribution is 6.30. The quantitative estimate of drug-likeness (QED) is 0.357. The topological polar surface area (TPSA) is 73.6 Å². The highest BCUT2D eigenvalue weighted by atomic mass is 35.5. The molecule has 1 heterocycles. The first-order chi connectivity index (χ1) is 15.4. The van der Waals surface area contributed by atoms with Gasteiger partial charge < -0.3 is 19.2 Å². The van der Waals surface area contributed by atoms with Crippen LogP contribution in [0.1, 0.15) is 25.3 Å². The van der Waals surface area contributed by atoms with Crippen molar-refractivity contribution >= 4 is 34.3 Å². The molecule has 1 amide bonds. The van der Waals surface area contributed by atoms with E-state index in [1.54, 1.807) is 43.5 Å². The van der Waals surface area contributed by atoms with Crippen LogP contribution in [0.3, 0.4) is 0 Å². The second-order valence-electron chi connectivity index (χ2n) is 7.61. The Kier molecular flexibility index (Phi) is 6.32. The lowest BCUT2D eigenvalue weighted by Crippen LogP contribution is -2.20. The summed E-state index contributed by atoms with van der Waals surface area (Å²) < 4.78 is 16.8. The van der Waals surface area contributed by atoms with Gasteiger partial charge in [0.2, 0.25) is 5.89 Å². The molecule has 7 heteroatoms. The van der Waals surface area contributed by atoms with Gasteiger partial charge in [-0.1, -0.05) is 31.5 Å². The first-order valence-corrected chi connectivity index (χ1v) is 10.6. The zero-order chi connectivity index (χ0) is 22.7. The van der Waals surface area contributed by atoms with Crippen LogP contribution < -0.4 is 14.8 Å². The molecule has 0 fully saturated rings. The monoisotopic (exact) mass is 450 g/mol. The Hall–Kier alpha value is -3.51. The van der Waals surface area contributed by atoms with Crippen LogP contribution in [0.25, 0.3) is 22.6 Å². The molecule has 0 saturated heterocycles. The minimum absolute atomic E-state index is 0.157. The summed E-state index contributed by atoms with van der Waals surface area (Å²) >= 11 is 5.87. The molecule has 164 valence electrons. The molecule has 3 aromatic carbocycles. The number of oxazole rings is 1. The van der Waals surface area contributed by atoms with Crippen LogP contribution in [0.5, 0.6) is 11.5 Å². The molecule has 4 aromatic rings. The third kappa shape index (κ3) is 4.86. The lowest BCUT2D eigenvalue weighted by molar-refractivity contribution is -0.118. The van der Waals surface area contributed by atoms with E-state index in [1.807, 2.05) is 24.3 Å². The fourth-order valence-electron chi connectivity index (χ4n) is 3.23. The maximum atomic E-state index is 12.5. The maximum Gasteiger partial charge on any atom is 0.262 e. The smallest absolute Gasteiger partial charge is 0.262 e. The Morgan fingerprint density at radius 1 is 1.09 bits per heavy atom. The molecule has 0 aliphatic carbocycles. The van der Waals surface area contributed by atoms with E-state index in [-0.39, 0.29) is 12.5 Å². The Morgan fingerprint density at radius 3 is 2.59 bits per heavy atom. The summed E-state index contributed by atoms with van der Waals surface area (Å²) in [5.41, 5.74) is 3.92. The summed E-state index contributed by atoms with van der Waals surface area (Å²) in [6.07, 6.45) is 0. The third-order valence-electron chi connectivity index (χ3n) is 4.98. The Bertz CT molecular complexity index is 1250. The summed E-state index contributed by atoms with van der Waals surface area (Å²) in [4.78, 5) is 17.1. The van der Waals surface area contributed by atoms with Crippen molar-refractivity contribution < 1.29 is 18.7 Å². The third-order valence-corrected chi connectivity index (χ3v) is 5.23. The van der Waals surface area contributed by atoms with Crippen molar-refractivity contribution in [1.29, 1.82) is 0 Å². The fraction of sp³-hybridized carbons (Fsp3) is 0.200. The predicted molar refractivity (Wildman–Crippen MR) is 126 cm³/mol. The number of nitrogens with one attached hydrogen (secondary N) is 1. The first-order valence-electron chi connectivity index (χ1n) is 10.2. The number of hydrogen-bond acceptors (Lipinski definition) is 5. The van der Waals surface area contributed by atoms with Crippen molar-refractivity contribution in [2.75, 3.05) is 19.0 Å². The molecule has 0 spiro atoms. The van der Waals surface area contributed by atoms with Gasteiger partial charge in [0.25, 0.3) is 5.91 Å². The highest BCUT2D eigenvalue weighted by Gasteiger charge is 2.14. The number of ether oxygens (including phenoxy) is 2. The van der Waals surface area contributed by atoms with E-state index in [0.717, 1.165) is 11.1 Å². The molecule has 4 rings (SSSR count). The van der Waals surface area contributed by atoms with Gasteiger partial charge in [0.1, 0.15) is 17.0 Å². The van der Waals surface area contributed by atoms with Crippen LogP contribution >= 0.6 is 11.6 Å². The summed E-state index contributed by atoms with van der Waals surface area (Å²) in [5, 5.41) is 3.43. The van der Waals surface area contributed by atoms with Gasteiger partial charge in [-0.25, -0.2) is 4.98 Å². The molecule has 0 aliphatic rings. The van der Waals surface area contributed by atoms with Crippen molar-refractivity contribution in [3.8, 4) is 23.0 Å². The Morgan fingerprint density at radius 2 is 1.88 bits per heavy atom. The molecule has 6 nitrogen and oxygen atoms in total. The number of halogens is 1. The fourth-order valence-corrected chi connectivity index (χ4v) is 3.36. The van der Waals surface area contributed by atoms with Crippen LogP contribution in [-0.2, 0) is 4.79 Å². The molecule has 0 radical (unpaired) electrons. The number of anilines is 1. The van der Waals surface area contributed by atoms with Gasteiger partial charge in [0.05, 0.1) is 12.8 Å². The van der Waals surface area contributed by atoms with Gasteiger partial charge >= 0.3 is 0 Å². The van der Waals surface area contributed by atoms with E-state index in [9.17, 15) is 4.79 Å². The second kappa shape index (κ2) is 9.32. The van der Waals surface area contributed by atoms with Crippen molar-refractivity contribution in [2.24, 2.45) is 0 Å². The van der Waals surface area contributed by atoms with Gasteiger partial charge in [-0.15, -0.1) is 0 Å². The van der Waals surface area contributed by atoms with Crippen LogP contribution in [0.2, 0.25) is 5.02 Å². The Balaban J connectivity index is 1.53. The van der Waals surface area contributed by atoms with Crippen molar-refractivity contribution in [3.63, 3.8) is 0 Å². The molecule has 0 bridgehead atoms. The standard InChI is InChI=1S/C25H23ClN2O4/c1-15(2)16-4-11-23-21(12-16)28-25(32-23)17-5-10-22(30-3)20(13-17)27-24(29)14-31-19-8-6-18(26)7-9-19/h4-13,15H,14H2,1-3H3,(H,27,29). The molecule has 0 saturated carbocycles. The molecule has 1 aromatic heterocycles. The number of aromatic nitrogens is 1. The minimum atomic E-state index is -0.324. The number of amides is 1. The molecule has 0 unspecified atom stereocenters. The van der Waals surface area contributed by atoms with Gasteiger partial charge in [-0.3, -0.25) is 4.79 Å². The summed E-state index contributed by atoms with van der Waals surface area (Å²) in [6.45, 7) is 4.12. The molecular weight excluding hydrogens is 428 g/mol. The number of benzene rings is 3. The van der Waals surface area contributed by atoms with Gasteiger partial charge in [0.15, 0.2) is 12.2 Å². The van der Waals surface area contributed by atoms with Crippen molar-refractivity contribution in [3.05, 3.63) is 71.2 Å². The second-order valence-corrected chi connectivity index (χ2v) is 8.04. The van der Waals surface area contributed by atoms with E-state index in [1.165, 1.54) is 5.56 Å². The molecule has 0 aliphatic heterocycles. The minimum Gasteiger partial charge on any atom is -0.495 e. The van der Waals surface area contributed by atoms with Crippen LogP contribution in [0, 0.1) is 0 Å². The molecule has 32 heavy (non-hydrogen) atoms. The lowest BCUT2D eigenvalue weighted by Gasteiger charge is -2.12. The highest BCUT2D eigenvalue weighted by Crippen LogP contribution is 2.32. The number of fused-ring (bicyclic) bond motifs is 1. The van der Waals surface area contributed by atoms with Crippen molar-refractivity contribution in [2.45, 2.75) is 19.8 Å². The number of carbonyl (C=O) groups excluding carboxylic acids is 1. The largest absolute Gasteiger partial charge is 0.495 e. The van der Waals surface area contributed by atoms with E-state index in [2.05, 4.69) is 24.1 Å². The number of rotatable bonds is 7. The SMILES string of the molecule is COc1ccc(-c2nc3cc(C(C)C)ccc3o2)cc1NC(=O)COc1ccc(Cl)cc1. The molecular formula is C25H23ClN2O4. The number of hydrogen-bond donors (Lipinski definition) is 1.